The quantitative estimate of drug-likeness (QED) is 0.893. The summed E-state index contributed by atoms with van der Waals surface area (Å²) in [5.74, 6) is 0.0651. The van der Waals surface area contributed by atoms with Gasteiger partial charge in [-0.3, -0.25) is 4.79 Å². The lowest BCUT2D eigenvalue weighted by molar-refractivity contribution is 0.0688. The molecule has 0 unspecified atom stereocenters. The summed E-state index contributed by atoms with van der Waals surface area (Å²) in [6.45, 7) is 3.21. The van der Waals surface area contributed by atoms with Gasteiger partial charge in [0.05, 0.1) is 0 Å². The normalized spacial score (nSPS) is 16.4. The van der Waals surface area contributed by atoms with E-state index in [2.05, 4.69) is 4.98 Å². The lowest BCUT2D eigenvalue weighted by atomic mass is 10.2. The summed E-state index contributed by atoms with van der Waals surface area (Å²) in [6.07, 6.45) is 4.74. The summed E-state index contributed by atoms with van der Waals surface area (Å²) in [5.41, 5.74) is 6.08. The van der Waals surface area contributed by atoms with Gasteiger partial charge in [0.1, 0.15) is 10.7 Å². The van der Waals surface area contributed by atoms with E-state index in [1.165, 1.54) is 24.2 Å². The standard InChI is InChI=1S/C12H19N3OS/c1-2-15(9-5-3-4-6-9)12(16)10-8-17-11(7-13)14-10/h8-9H,2-7,13H2,1H3. The summed E-state index contributed by atoms with van der Waals surface area (Å²) < 4.78 is 0. The molecule has 2 N–H and O–H groups in total. The molecule has 0 bridgehead atoms. The molecule has 5 heteroatoms. The largest absolute Gasteiger partial charge is 0.335 e. The zero-order valence-corrected chi connectivity index (χ0v) is 11.0. The van der Waals surface area contributed by atoms with Gasteiger partial charge in [-0.25, -0.2) is 4.98 Å². The van der Waals surface area contributed by atoms with Gasteiger partial charge in [0.25, 0.3) is 5.91 Å². The van der Waals surface area contributed by atoms with Gasteiger partial charge in [0.15, 0.2) is 0 Å². The van der Waals surface area contributed by atoms with Crippen molar-refractivity contribution in [1.82, 2.24) is 9.88 Å². The van der Waals surface area contributed by atoms with Crippen LogP contribution in [0.3, 0.4) is 0 Å². The molecule has 1 aliphatic rings. The summed E-state index contributed by atoms with van der Waals surface area (Å²) >= 11 is 1.46. The second kappa shape index (κ2) is 5.60. The van der Waals surface area contributed by atoms with E-state index in [0.717, 1.165) is 24.4 Å². The summed E-state index contributed by atoms with van der Waals surface area (Å²) in [7, 11) is 0. The molecular formula is C12H19N3OS. The minimum atomic E-state index is 0.0651. The first-order valence-electron chi connectivity index (χ1n) is 6.21. The topological polar surface area (TPSA) is 59.2 Å². The molecule has 1 heterocycles. The number of rotatable bonds is 4. The average molecular weight is 253 g/mol. The summed E-state index contributed by atoms with van der Waals surface area (Å²) in [6, 6.07) is 0.413. The fourth-order valence-electron chi connectivity index (χ4n) is 2.43. The molecule has 94 valence electrons. The number of hydrogen-bond donors (Lipinski definition) is 1. The molecule has 1 amide bonds. The predicted molar refractivity (Wildman–Crippen MR) is 69.0 cm³/mol. The van der Waals surface area contributed by atoms with Crippen LogP contribution in [0.15, 0.2) is 5.38 Å². The van der Waals surface area contributed by atoms with Gasteiger partial charge in [-0.15, -0.1) is 11.3 Å². The van der Waals surface area contributed by atoms with Crippen molar-refractivity contribution in [2.24, 2.45) is 5.73 Å². The van der Waals surface area contributed by atoms with Crippen molar-refractivity contribution in [3.05, 3.63) is 16.1 Å². The maximum absolute atomic E-state index is 12.3. The highest BCUT2D eigenvalue weighted by Crippen LogP contribution is 2.25. The highest BCUT2D eigenvalue weighted by atomic mass is 32.1. The third-order valence-corrected chi connectivity index (χ3v) is 4.18. The molecule has 1 saturated carbocycles. The summed E-state index contributed by atoms with van der Waals surface area (Å²) in [5, 5.41) is 2.65. The van der Waals surface area contributed by atoms with Crippen LogP contribution in [0.4, 0.5) is 0 Å². The van der Waals surface area contributed by atoms with E-state index in [0.29, 0.717) is 18.3 Å². The van der Waals surface area contributed by atoms with Crippen molar-refractivity contribution >= 4 is 17.2 Å². The van der Waals surface area contributed by atoms with E-state index >= 15 is 0 Å². The number of nitrogens with two attached hydrogens (primary N) is 1. The maximum Gasteiger partial charge on any atom is 0.273 e. The maximum atomic E-state index is 12.3. The number of amides is 1. The van der Waals surface area contributed by atoms with Crippen LogP contribution in [0, 0.1) is 0 Å². The first-order chi connectivity index (χ1) is 8.26. The Morgan fingerprint density at radius 2 is 2.29 bits per heavy atom. The molecule has 1 aromatic rings. The molecule has 17 heavy (non-hydrogen) atoms. The average Bonchev–Trinajstić information content (AvgIpc) is 3.00. The van der Waals surface area contributed by atoms with E-state index < -0.39 is 0 Å². The fraction of sp³-hybridized carbons (Fsp3) is 0.667. The second-order valence-electron chi connectivity index (χ2n) is 4.36. The van der Waals surface area contributed by atoms with Crippen LogP contribution in [0.2, 0.25) is 0 Å². The summed E-state index contributed by atoms with van der Waals surface area (Å²) in [4.78, 5) is 18.6. The molecular weight excluding hydrogens is 234 g/mol. The van der Waals surface area contributed by atoms with Crippen LogP contribution in [-0.4, -0.2) is 28.4 Å². The van der Waals surface area contributed by atoms with E-state index in [9.17, 15) is 4.79 Å². The van der Waals surface area contributed by atoms with Crippen LogP contribution < -0.4 is 5.73 Å². The molecule has 0 saturated heterocycles. The van der Waals surface area contributed by atoms with E-state index in [1.54, 1.807) is 0 Å². The molecule has 1 aliphatic carbocycles. The van der Waals surface area contributed by atoms with Gasteiger partial charge in [-0.05, 0) is 19.8 Å². The Balaban J connectivity index is 2.10. The third-order valence-electron chi connectivity index (χ3n) is 3.31. The van der Waals surface area contributed by atoms with Gasteiger partial charge in [-0.2, -0.15) is 0 Å². The van der Waals surface area contributed by atoms with Crippen molar-refractivity contribution < 1.29 is 4.79 Å². The van der Waals surface area contributed by atoms with E-state index in [4.69, 9.17) is 5.73 Å². The van der Waals surface area contributed by atoms with Gasteiger partial charge in [-0.1, -0.05) is 12.8 Å². The van der Waals surface area contributed by atoms with Crippen molar-refractivity contribution in [3.63, 3.8) is 0 Å². The number of carbonyl (C=O) groups is 1. The predicted octanol–water partition coefficient (Wildman–Crippen LogP) is 2.01. The van der Waals surface area contributed by atoms with Crippen molar-refractivity contribution in [3.8, 4) is 0 Å². The van der Waals surface area contributed by atoms with Crippen LogP contribution >= 0.6 is 11.3 Å². The molecule has 0 spiro atoms. The third kappa shape index (κ3) is 2.66. The minimum absolute atomic E-state index is 0.0651. The fourth-order valence-corrected chi connectivity index (χ4v) is 3.08. The molecule has 0 atom stereocenters. The van der Waals surface area contributed by atoms with Gasteiger partial charge < -0.3 is 10.6 Å². The van der Waals surface area contributed by atoms with Crippen LogP contribution in [0.5, 0.6) is 0 Å². The SMILES string of the molecule is CCN(C(=O)c1csc(CN)n1)C1CCCC1. The molecule has 0 aromatic carbocycles. The zero-order valence-electron chi connectivity index (χ0n) is 10.2. The Morgan fingerprint density at radius 3 is 2.82 bits per heavy atom. The first-order valence-corrected chi connectivity index (χ1v) is 7.09. The van der Waals surface area contributed by atoms with Crippen LogP contribution in [-0.2, 0) is 6.54 Å². The second-order valence-corrected chi connectivity index (χ2v) is 5.30. The Kier molecular flexibility index (Phi) is 4.12. The first kappa shape index (κ1) is 12.5. The molecule has 1 aromatic heterocycles. The van der Waals surface area contributed by atoms with Crippen LogP contribution in [0.1, 0.15) is 48.1 Å². The number of aromatic nitrogens is 1. The Morgan fingerprint density at radius 1 is 1.59 bits per heavy atom. The van der Waals surface area contributed by atoms with E-state index in [1.807, 2.05) is 17.2 Å². The van der Waals surface area contributed by atoms with Gasteiger partial charge in [0.2, 0.25) is 0 Å². The molecule has 0 radical (unpaired) electrons. The van der Waals surface area contributed by atoms with Gasteiger partial charge in [0, 0.05) is 24.5 Å². The molecule has 1 fully saturated rings. The smallest absolute Gasteiger partial charge is 0.273 e. The highest BCUT2D eigenvalue weighted by molar-refractivity contribution is 7.09. The lowest BCUT2D eigenvalue weighted by Gasteiger charge is -2.26. The van der Waals surface area contributed by atoms with Crippen molar-refractivity contribution in [1.29, 1.82) is 0 Å². The van der Waals surface area contributed by atoms with Gasteiger partial charge >= 0.3 is 0 Å². The highest BCUT2D eigenvalue weighted by Gasteiger charge is 2.27. The van der Waals surface area contributed by atoms with Crippen LogP contribution in [0.25, 0.3) is 0 Å². The molecule has 4 nitrogen and oxygen atoms in total. The number of nitrogens with zero attached hydrogens (tertiary/aromatic N) is 2. The van der Waals surface area contributed by atoms with Crippen molar-refractivity contribution in [2.45, 2.75) is 45.2 Å². The van der Waals surface area contributed by atoms with E-state index in [-0.39, 0.29) is 5.91 Å². The van der Waals surface area contributed by atoms with Crippen molar-refractivity contribution in [2.75, 3.05) is 6.54 Å². The minimum Gasteiger partial charge on any atom is -0.335 e. The number of carbonyl (C=O) groups excluding carboxylic acids is 1. The monoisotopic (exact) mass is 253 g/mol. The number of thiazole rings is 1. The Bertz CT molecular complexity index is 385. The zero-order chi connectivity index (χ0) is 12.3. The lowest BCUT2D eigenvalue weighted by Crippen LogP contribution is -2.38. The Labute approximate surface area is 106 Å². The molecule has 2 rings (SSSR count). The number of hydrogen-bond acceptors (Lipinski definition) is 4. The molecule has 0 aliphatic heterocycles. The Hall–Kier alpha value is -0.940.